The molecule has 17 heavy (non-hydrogen) atoms. The summed E-state index contributed by atoms with van der Waals surface area (Å²) in [7, 11) is 1.28. The number of nitrogens with one attached hydrogen (secondary N) is 1. The van der Waals surface area contributed by atoms with Crippen LogP contribution in [0.5, 0.6) is 0 Å². The number of ether oxygens (including phenoxy) is 1. The number of pyridine rings is 1. The molecule has 0 radical (unpaired) electrons. The molecule has 1 aromatic rings. The summed E-state index contributed by atoms with van der Waals surface area (Å²) >= 11 is 0. The van der Waals surface area contributed by atoms with Gasteiger partial charge in [-0.1, -0.05) is 6.58 Å². The fraction of sp³-hybridized carbons (Fsp3) is 0.250. The average molecular weight is 234 g/mol. The molecule has 5 nitrogen and oxygen atoms in total. The van der Waals surface area contributed by atoms with Crippen molar-refractivity contribution in [2.24, 2.45) is 0 Å². The number of aryl methyl sites for hydroxylation is 1. The SMILES string of the molecule is C=C(C(=O)OC)c1cc(C)cc(NC(C)=O)n1. The summed E-state index contributed by atoms with van der Waals surface area (Å²) in [5, 5.41) is 2.55. The Morgan fingerprint density at radius 3 is 2.59 bits per heavy atom. The third-order valence-electron chi connectivity index (χ3n) is 2.01. The minimum atomic E-state index is -0.545. The summed E-state index contributed by atoms with van der Waals surface area (Å²) in [6, 6.07) is 3.40. The Morgan fingerprint density at radius 2 is 2.06 bits per heavy atom. The van der Waals surface area contributed by atoms with Crippen molar-refractivity contribution in [1.82, 2.24) is 4.98 Å². The number of methoxy groups -OCH3 is 1. The predicted octanol–water partition coefficient (Wildman–Crippen LogP) is 1.53. The van der Waals surface area contributed by atoms with Crippen LogP contribution >= 0.6 is 0 Å². The van der Waals surface area contributed by atoms with E-state index in [9.17, 15) is 9.59 Å². The molecule has 1 rings (SSSR count). The minimum absolute atomic E-state index is 0.155. The smallest absolute Gasteiger partial charge is 0.339 e. The third-order valence-corrected chi connectivity index (χ3v) is 2.01. The molecule has 0 aliphatic heterocycles. The Balaban J connectivity index is 3.09. The Hall–Kier alpha value is -2.17. The predicted molar refractivity (Wildman–Crippen MR) is 64.3 cm³/mol. The Morgan fingerprint density at radius 1 is 1.41 bits per heavy atom. The zero-order valence-corrected chi connectivity index (χ0v) is 10.0. The molecule has 0 saturated carbocycles. The fourth-order valence-corrected chi connectivity index (χ4v) is 1.29. The molecule has 0 saturated heterocycles. The van der Waals surface area contributed by atoms with E-state index in [4.69, 9.17) is 0 Å². The summed E-state index contributed by atoms with van der Waals surface area (Å²) < 4.78 is 4.56. The molecule has 5 heteroatoms. The van der Waals surface area contributed by atoms with Gasteiger partial charge in [0, 0.05) is 6.92 Å². The van der Waals surface area contributed by atoms with Gasteiger partial charge in [-0.05, 0) is 24.6 Å². The van der Waals surface area contributed by atoms with Gasteiger partial charge in [0.05, 0.1) is 18.4 Å². The monoisotopic (exact) mass is 234 g/mol. The molecule has 0 bridgehead atoms. The summed E-state index contributed by atoms with van der Waals surface area (Å²) in [5.41, 5.74) is 1.41. The van der Waals surface area contributed by atoms with Crippen LogP contribution in [-0.2, 0) is 14.3 Å². The number of hydrogen-bond donors (Lipinski definition) is 1. The summed E-state index contributed by atoms with van der Waals surface area (Å²) in [5.74, 6) is -0.382. The number of anilines is 1. The molecule has 1 N–H and O–H groups in total. The first-order valence-electron chi connectivity index (χ1n) is 4.98. The second-order valence-corrected chi connectivity index (χ2v) is 3.57. The molecular weight excluding hydrogens is 220 g/mol. The van der Waals surface area contributed by atoms with Gasteiger partial charge in [0.15, 0.2) is 0 Å². The maximum atomic E-state index is 11.3. The quantitative estimate of drug-likeness (QED) is 0.636. The Labute approximate surface area is 99.5 Å². The zero-order chi connectivity index (χ0) is 13.0. The van der Waals surface area contributed by atoms with Gasteiger partial charge < -0.3 is 10.1 Å². The summed E-state index contributed by atoms with van der Waals surface area (Å²) in [4.78, 5) is 26.3. The standard InChI is InChI=1S/C12H14N2O3/c1-7-5-10(8(2)12(16)17-4)14-11(6-7)13-9(3)15/h5-6H,2H2,1,3-4H3,(H,13,14,15). The van der Waals surface area contributed by atoms with E-state index in [0.29, 0.717) is 11.5 Å². The number of nitrogens with zero attached hydrogens (tertiary/aromatic N) is 1. The number of carbonyl (C=O) groups excluding carboxylic acids is 2. The topological polar surface area (TPSA) is 68.3 Å². The molecule has 90 valence electrons. The van der Waals surface area contributed by atoms with Crippen LogP contribution < -0.4 is 5.32 Å². The van der Waals surface area contributed by atoms with E-state index in [1.54, 1.807) is 12.1 Å². The molecule has 0 fully saturated rings. The molecule has 1 amide bonds. The van der Waals surface area contributed by atoms with Crippen molar-refractivity contribution in [3.05, 3.63) is 30.0 Å². The number of amides is 1. The fourth-order valence-electron chi connectivity index (χ4n) is 1.29. The highest BCUT2D eigenvalue weighted by atomic mass is 16.5. The highest BCUT2D eigenvalue weighted by molar-refractivity contribution is 6.15. The molecule has 0 aliphatic carbocycles. The van der Waals surface area contributed by atoms with Crippen LogP contribution in [0.15, 0.2) is 18.7 Å². The number of hydrogen-bond acceptors (Lipinski definition) is 4. The van der Waals surface area contributed by atoms with Crippen LogP contribution in [0.3, 0.4) is 0 Å². The molecule has 0 spiro atoms. The second kappa shape index (κ2) is 5.25. The lowest BCUT2D eigenvalue weighted by Crippen LogP contribution is -2.10. The van der Waals surface area contributed by atoms with Crippen LogP contribution in [0, 0.1) is 6.92 Å². The number of rotatable bonds is 3. The molecular formula is C12H14N2O3. The van der Waals surface area contributed by atoms with E-state index in [-0.39, 0.29) is 11.5 Å². The lowest BCUT2D eigenvalue weighted by molar-refractivity contribution is -0.133. The van der Waals surface area contributed by atoms with Gasteiger partial charge in [0.2, 0.25) is 5.91 Å². The van der Waals surface area contributed by atoms with Gasteiger partial charge >= 0.3 is 5.97 Å². The van der Waals surface area contributed by atoms with Crippen molar-refractivity contribution in [3.63, 3.8) is 0 Å². The van der Waals surface area contributed by atoms with E-state index in [0.717, 1.165) is 5.56 Å². The van der Waals surface area contributed by atoms with Gasteiger partial charge in [-0.15, -0.1) is 0 Å². The maximum absolute atomic E-state index is 11.3. The van der Waals surface area contributed by atoms with E-state index >= 15 is 0 Å². The van der Waals surface area contributed by atoms with E-state index in [1.165, 1.54) is 14.0 Å². The van der Waals surface area contributed by atoms with Gasteiger partial charge in [0.25, 0.3) is 0 Å². The highest BCUT2D eigenvalue weighted by Gasteiger charge is 2.12. The number of esters is 1. The van der Waals surface area contributed by atoms with Crippen LogP contribution in [0.1, 0.15) is 18.2 Å². The van der Waals surface area contributed by atoms with Crippen molar-refractivity contribution < 1.29 is 14.3 Å². The first-order valence-corrected chi connectivity index (χ1v) is 4.98. The van der Waals surface area contributed by atoms with Crippen LogP contribution in [0.25, 0.3) is 5.57 Å². The van der Waals surface area contributed by atoms with Crippen molar-refractivity contribution in [2.45, 2.75) is 13.8 Å². The largest absolute Gasteiger partial charge is 0.465 e. The summed E-state index contributed by atoms with van der Waals surface area (Å²) in [6.07, 6.45) is 0. The Kier molecular flexibility index (Phi) is 3.98. The van der Waals surface area contributed by atoms with Crippen molar-refractivity contribution >= 4 is 23.3 Å². The van der Waals surface area contributed by atoms with Gasteiger partial charge in [-0.3, -0.25) is 4.79 Å². The van der Waals surface area contributed by atoms with E-state index in [2.05, 4.69) is 21.6 Å². The molecule has 0 aliphatic rings. The highest BCUT2D eigenvalue weighted by Crippen LogP contribution is 2.16. The van der Waals surface area contributed by atoms with Gasteiger partial charge in [0.1, 0.15) is 5.82 Å². The molecule has 1 aromatic heterocycles. The van der Waals surface area contributed by atoms with E-state index < -0.39 is 5.97 Å². The first kappa shape index (κ1) is 12.9. The lowest BCUT2D eigenvalue weighted by atomic mass is 10.1. The molecule has 0 aromatic carbocycles. The van der Waals surface area contributed by atoms with Gasteiger partial charge in [-0.25, -0.2) is 9.78 Å². The molecule has 0 unspecified atom stereocenters. The molecule has 1 heterocycles. The zero-order valence-electron chi connectivity index (χ0n) is 10.0. The van der Waals surface area contributed by atoms with Crippen LogP contribution in [0.2, 0.25) is 0 Å². The second-order valence-electron chi connectivity index (χ2n) is 3.57. The third kappa shape index (κ3) is 3.41. The maximum Gasteiger partial charge on any atom is 0.339 e. The van der Waals surface area contributed by atoms with E-state index in [1.807, 2.05) is 6.92 Å². The summed E-state index contributed by atoms with van der Waals surface area (Å²) in [6.45, 7) is 6.83. The lowest BCUT2D eigenvalue weighted by Gasteiger charge is -2.07. The Bertz CT molecular complexity index is 481. The molecule has 0 atom stereocenters. The van der Waals surface area contributed by atoms with Crippen LogP contribution in [0.4, 0.5) is 5.82 Å². The van der Waals surface area contributed by atoms with Gasteiger partial charge in [-0.2, -0.15) is 0 Å². The minimum Gasteiger partial charge on any atom is -0.465 e. The van der Waals surface area contributed by atoms with Crippen LogP contribution in [-0.4, -0.2) is 24.0 Å². The average Bonchev–Trinajstić information content (AvgIpc) is 2.25. The van der Waals surface area contributed by atoms with Crippen molar-refractivity contribution in [3.8, 4) is 0 Å². The number of aromatic nitrogens is 1. The first-order chi connectivity index (χ1) is 7.93. The van der Waals surface area contributed by atoms with Crippen molar-refractivity contribution in [2.75, 3.05) is 12.4 Å². The number of carbonyl (C=O) groups is 2. The normalized spacial score (nSPS) is 9.59. The van der Waals surface area contributed by atoms with Crippen molar-refractivity contribution in [1.29, 1.82) is 0 Å².